The molecule has 9 heteroatoms. The van der Waals surface area contributed by atoms with Gasteiger partial charge in [0.25, 0.3) is 5.91 Å². The zero-order chi connectivity index (χ0) is 22.1. The maximum absolute atomic E-state index is 12.9. The van der Waals surface area contributed by atoms with E-state index >= 15 is 0 Å². The van der Waals surface area contributed by atoms with Crippen LogP contribution < -0.4 is 15.8 Å². The number of nitrogens with one attached hydrogen (secondary N) is 1. The van der Waals surface area contributed by atoms with Crippen molar-refractivity contribution in [1.82, 2.24) is 5.32 Å². The van der Waals surface area contributed by atoms with Crippen LogP contribution in [0.25, 0.3) is 0 Å². The van der Waals surface area contributed by atoms with Crippen molar-refractivity contribution in [2.45, 2.75) is 63.6 Å². The van der Waals surface area contributed by atoms with Gasteiger partial charge >= 0.3 is 6.18 Å². The number of hydrogen-bond donors (Lipinski definition) is 2. The lowest BCUT2D eigenvalue weighted by Gasteiger charge is -2.30. The average molecular weight is 427 g/mol. The maximum Gasteiger partial charge on any atom is 0.422 e. The second-order valence-corrected chi connectivity index (χ2v) is 8.38. The smallest absolute Gasteiger partial charge is 0.422 e. The molecule has 0 heterocycles. The Hall–Kier alpha value is -2.58. The normalized spacial score (nSPS) is 19.2. The van der Waals surface area contributed by atoms with Crippen LogP contribution in [0.1, 0.15) is 69.2 Å². The molecule has 6 nitrogen and oxygen atoms in total. The number of halogens is 3. The number of carbonyl (C=O) groups is 2. The van der Waals surface area contributed by atoms with Crippen LogP contribution in [0.5, 0.6) is 5.75 Å². The van der Waals surface area contributed by atoms with Crippen molar-refractivity contribution >= 4 is 17.6 Å². The number of nitrogens with zero attached hydrogens (tertiary/aromatic N) is 1. The molecule has 3 rings (SSSR count). The van der Waals surface area contributed by atoms with E-state index in [1.165, 1.54) is 13.0 Å². The van der Waals surface area contributed by atoms with E-state index < -0.39 is 30.1 Å². The Kier molecular flexibility index (Phi) is 6.10. The van der Waals surface area contributed by atoms with Gasteiger partial charge in [-0.15, -0.1) is 0 Å². The predicted molar refractivity (Wildman–Crippen MR) is 108 cm³/mol. The second-order valence-electron chi connectivity index (χ2n) is 8.38. The fraction of sp³-hybridized carbons (Fsp3) is 0.571. The van der Waals surface area contributed by atoms with Gasteiger partial charge in [0.15, 0.2) is 6.61 Å². The highest BCUT2D eigenvalue weighted by atomic mass is 19.4. The molecule has 166 valence electrons. The molecule has 0 radical (unpaired) electrons. The van der Waals surface area contributed by atoms with Gasteiger partial charge in [-0.2, -0.15) is 18.2 Å². The van der Waals surface area contributed by atoms with Crippen molar-refractivity contribution in [3.63, 3.8) is 0 Å². The van der Waals surface area contributed by atoms with Gasteiger partial charge < -0.3 is 15.8 Å². The second kappa shape index (κ2) is 8.28. The highest BCUT2D eigenvalue weighted by Crippen LogP contribution is 2.45. The van der Waals surface area contributed by atoms with E-state index in [4.69, 9.17) is 10.5 Å². The lowest BCUT2D eigenvalue weighted by molar-refractivity contribution is -0.153. The van der Waals surface area contributed by atoms with Crippen LogP contribution in [0.3, 0.4) is 0 Å². The van der Waals surface area contributed by atoms with Crippen LogP contribution in [-0.4, -0.2) is 36.0 Å². The standard InChI is InChI=1S/C21H26F3N3O3.H2/c1-12(28)26-19(25)20(2,10-13-3-4-13)27-18(29)15-7-8-16(14-5-6-14)17(9-15)30-11-21(22,23)24;/h7-9,13-14H,3-6,10-11H2,1-2H3,(H,27,29)(H2,25,26,28);1H/t20-;/m0./s1. The molecule has 1 atom stereocenters. The number of amidine groups is 1. The average Bonchev–Trinajstić information content (AvgIpc) is 3.53. The lowest BCUT2D eigenvalue weighted by Crippen LogP contribution is -2.56. The lowest BCUT2D eigenvalue weighted by atomic mass is 9.92. The van der Waals surface area contributed by atoms with E-state index in [0.29, 0.717) is 17.9 Å². The first-order valence-electron chi connectivity index (χ1n) is 9.98. The molecule has 1 aromatic rings. The molecular weight excluding hydrogens is 399 g/mol. The van der Waals surface area contributed by atoms with E-state index in [1.807, 2.05) is 0 Å². The van der Waals surface area contributed by atoms with Crippen molar-refractivity contribution in [2.75, 3.05) is 6.61 Å². The molecular formula is C21H28F3N3O3. The molecule has 0 aliphatic heterocycles. The van der Waals surface area contributed by atoms with Crippen LogP contribution in [0.4, 0.5) is 13.2 Å². The van der Waals surface area contributed by atoms with E-state index in [2.05, 4.69) is 10.3 Å². The Balaban J connectivity index is 0.00000341. The van der Waals surface area contributed by atoms with Crippen LogP contribution in [0.2, 0.25) is 0 Å². The molecule has 0 saturated heterocycles. The Bertz CT molecular complexity index is 867. The van der Waals surface area contributed by atoms with Gasteiger partial charge in [0.2, 0.25) is 5.91 Å². The zero-order valence-electron chi connectivity index (χ0n) is 17.0. The van der Waals surface area contributed by atoms with E-state index in [9.17, 15) is 22.8 Å². The Labute approximate surface area is 174 Å². The molecule has 3 N–H and O–H groups in total. The molecule has 0 spiro atoms. The number of aliphatic imine (C=N–C) groups is 1. The summed E-state index contributed by atoms with van der Waals surface area (Å²) in [6.07, 6.45) is -0.177. The van der Waals surface area contributed by atoms with E-state index in [1.54, 1.807) is 19.1 Å². The Morgan fingerprint density at radius 1 is 1.27 bits per heavy atom. The molecule has 0 unspecified atom stereocenters. The van der Waals surface area contributed by atoms with Crippen LogP contribution in [0, 0.1) is 5.92 Å². The highest BCUT2D eigenvalue weighted by molar-refractivity contribution is 6.03. The fourth-order valence-corrected chi connectivity index (χ4v) is 3.43. The minimum atomic E-state index is -4.47. The summed E-state index contributed by atoms with van der Waals surface area (Å²) in [5.74, 6) is -0.377. The topological polar surface area (TPSA) is 93.8 Å². The van der Waals surface area contributed by atoms with Crippen molar-refractivity contribution in [3.8, 4) is 5.75 Å². The van der Waals surface area contributed by atoms with Gasteiger partial charge in [-0.25, -0.2) is 0 Å². The first-order valence-corrected chi connectivity index (χ1v) is 9.98. The van der Waals surface area contributed by atoms with Gasteiger partial charge in [-0.1, -0.05) is 18.9 Å². The molecule has 2 aliphatic rings. The molecule has 30 heavy (non-hydrogen) atoms. The number of ether oxygens (including phenoxy) is 1. The molecule has 2 aliphatic carbocycles. The third-order valence-corrected chi connectivity index (χ3v) is 5.31. The largest absolute Gasteiger partial charge is 0.484 e. The Morgan fingerprint density at radius 3 is 2.47 bits per heavy atom. The fourth-order valence-electron chi connectivity index (χ4n) is 3.43. The minimum absolute atomic E-state index is 0. The summed E-state index contributed by atoms with van der Waals surface area (Å²) in [5.41, 5.74) is 5.82. The van der Waals surface area contributed by atoms with Crippen molar-refractivity contribution < 1.29 is 28.9 Å². The van der Waals surface area contributed by atoms with Crippen molar-refractivity contribution in [2.24, 2.45) is 16.6 Å². The summed E-state index contributed by atoms with van der Waals surface area (Å²) in [6.45, 7) is 1.55. The molecule has 2 saturated carbocycles. The third-order valence-electron chi connectivity index (χ3n) is 5.31. The highest BCUT2D eigenvalue weighted by Gasteiger charge is 2.38. The van der Waals surface area contributed by atoms with Crippen LogP contribution in [-0.2, 0) is 4.79 Å². The zero-order valence-corrected chi connectivity index (χ0v) is 17.0. The number of alkyl halides is 3. The summed E-state index contributed by atoms with van der Waals surface area (Å²) in [5, 5.41) is 2.83. The molecule has 0 aromatic heterocycles. The Morgan fingerprint density at radius 2 is 1.93 bits per heavy atom. The van der Waals surface area contributed by atoms with Gasteiger partial charge in [0.05, 0.1) is 5.54 Å². The maximum atomic E-state index is 12.9. The molecule has 1 aromatic carbocycles. The summed E-state index contributed by atoms with van der Waals surface area (Å²) in [4.78, 5) is 28.1. The number of rotatable bonds is 8. The first-order chi connectivity index (χ1) is 14.0. The van der Waals surface area contributed by atoms with Crippen LogP contribution in [0.15, 0.2) is 23.2 Å². The SMILES string of the molecule is CC(=O)N=C(N)[C@](C)(CC1CC1)NC(=O)c1ccc(C2CC2)c(OCC(F)(F)F)c1.[HH]. The van der Waals surface area contributed by atoms with E-state index in [-0.39, 0.29) is 24.5 Å². The van der Waals surface area contributed by atoms with Gasteiger partial charge in [-0.05, 0) is 55.7 Å². The predicted octanol–water partition coefficient (Wildman–Crippen LogP) is 3.94. The molecule has 2 fully saturated rings. The van der Waals surface area contributed by atoms with Crippen LogP contribution >= 0.6 is 0 Å². The number of amides is 2. The number of hydrogen-bond acceptors (Lipinski definition) is 3. The summed E-state index contributed by atoms with van der Waals surface area (Å²) < 4.78 is 42.9. The summed E-state index contributed by atoms with van der Waals surface area (Å²) in [6, 6.07) is 4.55. The summed E-state index contributed by atoms with van der Waals surface area (Å²) in [7, 11) is 0. The first kappa shape index (κ1) is 22.1. The summed E-state index contributed by atoms with van der Waals surface area (Å²) >= 11 is 0. The minimum Gasteiger partial charge on any atom is -0.484 e. The van der Waals surface area contributed by atoms with E-state index in [0.717, 1.165) is 25.7 Å². The van der Waals surface area contributed by atoms with Gasteiger partial charge in [0, 0.05) is 13.9 Å². The quantitative estimate of drug-likeness (QED) is 0.485. The molecule has 0 bridgehead atoms. The molecule has 2 amide bonds. The van der Waals surface area contributed by atoms with Gasteiger partial charge in [0.1, 0.15) is 11.6 Å². The van der Waals surface area contributed by atoms with Crippen molar-refractivity contribution in [1.29, 1.82) is 0 Å². The number of benzene rings is 1. The third kappa shape index (κ3) is 5.96. The number of carbonyl (C=O) groups excluding carboxylic acids is 2. The van der Waals surface area contributed by atoms with Crippen molar-refractivity contribution in [3.05, 3.63) is 29.3 Å². The van der Waals surface area contributed by atoms with Gasteiger partial charge in [-0.3, -0.25) is 9.59 Å². The number of nitrogens with two attached hydrogens (primary N) is 1. The monoisotopic (exact) mass is 427 g/mol.